The van der Waals surface area contributed by atoms with E-state index in [0.29, 0.717) is 12.5 Å². The van der Waals surface area contributed by atoms with Crippen molar-refractivity contribution in [1.82, 2.24) is 4.31 Å². The number of nitrogens with zero attached hydrogens (tertiary/aromatic N) is 1. The van der Waals surface area contributed by atoms with Crippen LogP contribution in [0.1, 0.15) is 19.3 Å². The molecule has 2 N–H and O–H groups in total. The summed E-state index contributed by atoms with van der Waals surface area (Å²) < 4.78 is 39.5. The van der Waals surface area contributed by atoms with Crippen LogP contribution in [0, 0.1) is 11.7 Å². The average molecular weight is 270 g/mol. The van der Waals surface area contributed by atoms with E-state index >= 15 is 0 Å². The van der Waals surface area contributed by atoms with E-state index in [0.717, 1.165) is 25.3 Å². The number of hydrogen-bond acceptors (Lipinski definition) is 3. The summed E-state index contributed by atoms with van der Waals surface area (Å²) in [5, 5.41) is 0. The van der Waals surface area contributed by atoms with Crippen molar-refractivity contribution < 1.29 is 12.8 Å². The Morgan fingerprint density at radius 3 is 2.67 bits per heavy atom. The molecule has 0 spiro atoms. The third kappa shape index (κ3) is 1.71. The number of nitrogens with two attached hydrogens (primary N) is 1. The van der Waals surface area contributed by atoms with Gasteiger partial charge in [0.2, 0.25) is 10.0 Å². The van der Waals surface area contributed by atoms with E-state index in [1.54, 1.807) is 4.31 Å². The third-order valence-electron chi connectivity index (χ3n) is 3.93. The van der Waals surface area contributed by atoms with Crippen LogP contribution >= 0.6 is 0 Å². The Hall–Kier alpha value is -1.14. The van der Waals surface area contributed by atoms with E-state index in [1.807, 2.05) is 0 Å². The molecule has 2 bridgehead atoms. The first-order valence-electron chi connectivity index (χ1n) is 6.05. The van der Waals surface area contributed by atoms with Crippen LogP contribution < -0.4 is 5.73 Å². The van der Waals surface area contributed by atoms with E-state index < -0.39 is 15.8 Å². The summed E-state index contributed by atoms with van der Waals surface area (Å²) in [6.07, 6.45) is 3.00. The van der Waals surface area contributed by atoms with Crippen molar-refractivity contribution >= 4 is 15.7 Å². The van der Waals surface area contributed by atoms with Crippen LogP contribution in [0.5, 0.6) is 0 Å². The van der Waals surface area contributed by atoms with Gasteiger partial charge in [0.25, 0.3) is 0 Å². The van der Waals surface area contributed by atoms with Crippen molar-refractivity contribution in [1.29, 1.82) is 0 Å². The zero-order valence-electron chi connectivity index (χ0n) is 9.84. The number of nitrogen functional groups attached to an aromatic ring is 1. The fraction of sp³-hybridized carbons (Fsp3) is 0.500. The third-order valence-corrected chi connectivity index (χ3v) is 5.85. The molecule has 2 unspecified atom stereocenters. The number of hydrogen-bond donors (Lipinski definition) is 1. The smallest absolute Gasteiger partial charge is 0.243 e. The molecule has 0 amide bonds. The van der Waals surface area contributed by atoms with Crippen molar-refractivity contribution in [3.63, 3.8) is 0 Å². The Morgan fingerprint density at radius 2 is 2.11 bits per heavy atom. The molecular formula is C12H15FN2O2S. The summed E-state index contributed by atoms with van der Waals surface area (Å²) in [5.74, 6) is -0.0977. The second kappa shape index (κ2) is 3.93. The van der Waals surface area contributed by atoms with Gasteiger partial charge in [0, 0.05) is 12.6 Å². The lowest BCUT2D eigenvalue weighted by atomic mass is 10.1. The summed E-state index contributed by atoms with van der Waals surface area (Å²) in [4.78, 5) is 0.0916. The number of fused-ring (bicyclic) bond motifs is 2. The molecule has 2 fully saturated rings. The number of benzene rings is 1. The summed E-state index contributed by atoms with van der Waals surface area (Å²) in [6, 6.07) is 3.71. The molecule has 3 rings (SSSR count). The molecule has 1 aliphatic carbocycles. The van der Waals surface area contributed by atoms with Gasteiger partial charge in [-0.15, -0.1) is 0 Å². The molecule has 1 heterocycles. The number of anilines is 1. The summed E-state index contributed by atoms with van der Waals surface area (Å²) in [5.41, 5.74) is 5.31. The molecule has 18 heavy (non-hydrogen) atoms. The summed E-state index contributed by atoms with van der Waals surface area (Å²) in [7, 11) is -3.52. The summed E-state index contributed by atoms with van der Waals surface area (Å²) in [6.45, 7) is 0.588. The monoisotopic (exact) mass is 270 g/mol. The van der Waals surface area contributed by atoms with E-state index in [9.17, 15) is 12.8 Å². The molecule has 1 aromatic carbocycles. The molecule has 98 valence electrons. The van der Waals surface area contributed by atoms with Gasteiger partial charge in [-0.1, -0.05) is 0 Å². The molecule has 0 radical (unpaired) electrons. The lowest BCUT2D eigenvalue weighted by Crippen LogP contribution is -2.37. The minimum Gasteiger partial charge on any atom is -0.396 e. The first-order valence-corrected chi connectivity index (χ1v) is 7.49. The van der Waals surface area contributed by atoms with Crippen LogP contribution in [0.4, 0.5) is 10.1 Å². The molecule has 1 saturated heterocycles. The van der Waals surface area contributed by atoms with E-state index in [-0.39, 0.29) is 16.6 Å². The van der Waals surface area contributed by atoms with Gasteiger partial charge in [-0.3, -0.25) is 0 Å². The van der Waals surface area contributed by atoms with Crippen molar-refractivity contribution in [2.24, 2.45) is 5.92 Å². The quantitative estimate of drug-likeness (QED) is 0.830. The van der Waals surface area contributed by atoms with Crippen LogP contribution in [-0.2, 0) is 10.0 Å². The van der Waals surface area contributed by atoms with Crippen LogP contribution in [-0.4, -0.2) is 25.3 Å². The van der Waals surface area contributed by atoms with Crippen LogP contribution in [0.3, 0.4) is 0 Å². The molecule has 1 aliphatic heterocycles. The second-order valence-corrected chi connectivity index (χ2v) is 6.98. The minimum absolute atomic E-state index is 0.0916. The highest BCUT2D eigenvalue weighted by Crippen LogP contribution is 2.40. The Labute approximate surface area is 106 Å². The van der Waals surface area contributed by atoms with Crippen LogP contribution in [0.2, 0.25) is 0 Å². The Morgan fingerprint density at radius 1 is 1.33 bits per heavy atom. The normalized spacial score (nSPS) is 27.8. The Balaban J connectivity index is 1.97. The highest BCUT2D eigenvalue weighted by atomic mass is 32.2. The number of rotatable bonds is 2. The fourth-order valence-corrected chi connectivity index (χ4v) is 4.77. The Kier molecular flexibility index (Phi) is 2.60. The van der Waals surface area contributed by atoms with Crippen LogP contribution in [0.25, 0.3) is 0 Å². The predicted molar refractivity (Wildman–Crippen MR) is 65.8 cm³/mol. The topological polar surface area (TPSA) is 63.4 Å². The largest absolute Gasteiger partial charge is 0.396 e. The molecule has 6 heteroatoms. The van der Waals surface area contributed by atoms with Crippen molar-refractivity contribution in [2.45, 2.75) is 30.2 Å². The standard InChI is InChI=1S/C12H15FN2O2S/c13-11-4-3-10(6-12(11)14)18(16,17)15-7-8-1-2-9(15)5-8/h3-4,6,8-9H,1-2,5,7,14H2. The van der Waals surface area contributed by atoms with E-state index in [2.05, 4.69) is 0 Å². The summed E-state index contributed by atoms with van der Waals surface area (Å²) >= 11 is 0. The maximum absolute atomic E-state index is 13.1. The van der Waals surface area contributed by atoms with Crippen LogP contribution in [0.15, 0.2) is 23.1 Å². The maximum atomic E-state index is 13.1. The first kappa shape index (κ1) is 11.9. The minimum atomic E-state index is -3.52. The van der Waals surface area contributed by atoms with Gasteiger partial charge in [0.1, 0.15) is 5.82 Å². The highest BCUT2D eigenvalue weighted by molar-refractivity contribution is 7.89. The lowest BCUT2D eigenvalue weighted by Gasteiger charge is -2.26. The lowest BCUT2D eigenvalue weighted by molar-refractivity contribution is 0.333. The zero-order chi connectivity index (χ0) is 12.9. The van der Waals surface area contributed by atoms with Gasteiger partial charge >= 0.3 is 0 Å². The fourth-order valence-electron chi connectivity index (χ4n) is 2.99. The number of sulfonamides is 1. The van der Waals surface area contributed by atoms with Gasteiger partial charge in [-0.25, -0.2) is 12.8 Å². The molecule has 4 nitrogen and oxygen atoms in total. The number of halogens is 1. The van der Waals surface area contributed by atoms with Gasteiger partial charge in [0.15, 0.2) is 0 Å². The molecule has 2 atom stereocenters. The van der Waals surface area contributed by atoms with Crippen molar-refractivity contribution in [2.75, 3.05) is 12.3 Å². The van der Waals surface area contributed by atoms with Gasteiger partial charge < -0.3 is 5.73 Å². The molecular weight excluding hydrogens is 255 g/mol. The second-order valence-electron chi connectivity index (χ2n) is 5.09. The van der Waals surface area contributed by atoms with E-state index in [4.69, 9.17) is 5.73 Å². The van der Waals surface area contributed by atoms with Gasteiger partial charge in [-0.2, -0.15) is 4.31 Å². The van der Waals surface area contributed by atoms with E-state index in [1.165, 1.54) is 12.1 Å². The molecule has 1 aromatic rings. The van der Waals surface area contributed by atoms with Crippen molar-refractivity contribution in [3.8, 4) is 0 Å². The Bertz CT molecular complexity index is 588. The zero-order valence-corrected chi connectivity index (χ0v) is 10.7. The first-order chi connectivity index (χ1) is 8.48. The molecule has 0 aromatic heterocycles. The predicted octanol–water partition coefficient (Wildman–Crippen LogP) is 1.58. The van der Waals surface area contributed by atoms with Crippen molar-refractivity contribution in [3.05, 3.63) is 24.0 Å². The maximum Gasteiger partial charge on any atom is 0.243 e. The molecule has 2 aliphatic rings. The van der Waals surface area contributed by atoms with Gasteiger partial charge in [-0.05, 0) is 43.4 Å². The number of piperidine rings is 1. The molecule has 1 saturated carbocycles. The SMILES string of the molecule is Nc1cc(S(=O)(=O)N2CC3CCC2C3)ccc1F. The van der Waals surface area contributed by atoms with Gasteiger partial charge in [0.05, 0.1) is 10.6 Å². The average Bonchev–Trinajstić information content (AvgIpc) is 2.94. The highest BCUT2D eigenvalue weighted by Gasteiger charge is 2.44.